The lowest BCUT2D eigenvalue weighted by molar-refractivity contribution is 0.0956. The third kappa shape index (κ3) is 3.01. The van der Waals surface area contributed by atoms with Gasteiger partial charge in [0.15, 0.2) is 0 Å². The van der Waals surface area contributed by atoms with Gasteiger partial charge in [0.1, 0.15) is 0 Å². The third-order valence-corrected chi connectivity index (χ3v) is 2.96. The fourth-order valence-corrected chi connectivity index (χ4v) is 1.71. The largest absolute Gasteiger partial charge is 0.391 e. The Morgan fingerprint density at radius 3 is 3.00 bits per heavy atom. The first-order valence-electron chi connectivity index (χ1n) is 4.25. The van der Waals surface area contributed by atoms with Gasteiger partial charge in [-0.05, 0) is 6.42 Å². The summed E-state index contributed by atoms with van der Waals surface area (Å²) < 4.78 is 5.22. The summed E-state index contributed by atoms with van der Waals surface area (Å²) >= 11 is 3.25. The Kier molecular flexibility index (Phi) is 4.50. The van der Waals surface area contributed by atoms with Gasteiger partial charge in [0.2, 0.25) is 0 Å². The molecule has 2 atom stereocenters. The molecule has 1 aliphatic rings. The van der Waals surface area contributed by atoms with Gasteiger partial charge in [-0.25, -0.2) is 0 Å². The van der Waals surface area contributed by atoms with E-state index >= 15 is 0 Å². The van der Waals surface area contributed by atoms with Crippen molar-refractivity contribution in [3.8, 4) is 0 Å². The van der Waals surface area contributed by atoms with E-state index < -0.39 is 0 Å². The minimum Gasteiger partial charge on any atom is -0.391 e. The minimum atomic E-state index is -0.249. The normalized spacial score (nSPS) is 27.8. The highest BCUT2D eigenvalue weighted by atomic mass is 79.9. The van der Waals surface area contributed by atoms with Gasteiger partial charge >= 0.3 is 0 Å². The summed E-state index contributed by atoms with van der Waals surface area (Å²) in [5.74, 6) is 0. The van der Waals surface area contributed by atoms with Crippen LogP contribution in [0.25, 0.3) is 0 Å². The zero-order valence-electron chi connectivity index (χ0n) is 7.37. The maximum Gasteiger partial charge on any atom is 0.0763 e. The van der Waals surface area contributed by atoms with Crippen LogP contribution < -0.4 is 0 Å². The second-order valence-corrected chi connectivity index (χ2v) is 3.86. The Morgan fingerprint density at radius 2 is 2.50 bits per heavy atom. The molecule has 0 amide bonds. The first-order chi connectivity index (χ1) is 5.76. The molecule has 0 aliphatic carbocycles. The van der Waals surface area contributed by atoms with Crippen molar-refractivity contribution in [2.75, 3.05) is 32.1 Å². The third-order valence-electron chi connectivity index (χ3n) is 2.21. The molecule has 1 fully saturated rings. The van der Waals surface area contributed by atoms with E-state index in [-0.39, 0.29) is 6.10 Å². The molecule has 0 saturated carbocycles. The second kappa shape index (κ2) is 5.17. The number of ether oxygens (including phenoxy) is 1. The maximum absolute atomic E-state index is 9.35. The first kappa shape index (κ1) is 10.4. The van der Waals surface area contributed by atoms with Crippen LogP contribution in [0.1, 0.15) is 6.42 Å². The highest BCUT2D eigenvalue weighted by Crippen LogP contribution is 2.12. The van der Waals surface area contributed by atoms with Crippen molar-refractivity contribution in [2.45, 2.75) is 18.6 Å². The fraction of sp³-hybridized carbons (Fsp3) is 1.00. The standard InChI is InChI=1S/C8H16BrNO2/c1-12-8-2-3-10(6-8)5-7(11)4-9/h7-8,11H,2-6H2,1H3. The van der Waals surface area contributed by atoms with Crippen LogP contribution in [0.4, 0.5) is 0 Å². The summed E-state index contributed by atoms with van der Waals surface area (Å²) in [4.78, 5) is 2.24. The van der Waals surface area contributed by atoms with Gasteiger partial charge < -0.3 is 9.84 Å². The number of aliphatic hydroxyl groups excluding tert-OH is 1. The Morgan fingerprint density at radius 1 is 1.75 bits per heavy atom. The van der Waals surface area contributed by atoms with E-state index in [9.17, 15) is 5.11 Å². The van der Waals surface area contributed by atoms with Crippen LogP contribution in [0.3, 0.4) is 0 Å². The number of hydrogen-bond donors (Lipinski definition) is 1. The fourth-order valence-electron chi connectivity index (χ4n) is 1.50. The molecule has 1 heterocycles. The summed E-state index contributed by atoms with van der Waals surface area (Å²) in [6.07, 6.45) is 1.21. The number of hydrogen-bond acceptors (Lipinski definition) is 3. The number of likely N-dealkylation sites (tertiary alicyclic amines) is 1. The quantitative estimate of drug-likeness (QED) is 0.722. The van der Waals surface area contributed by atoms with Gasteiger partial charge in [0.05, 0.1) is 12.2 Å². The molecule has 1 aliphatic heterocycles. The predicted octanol–water partition coefficient (Wildman–Crippen LogP) is 0.463. The van der Waals surface area contributed by atoms with E-state index in [0.29, 0.717) is 11.4 Å². The van der Waals surface area contributed by atoms with Crippen LogP contribution in [0.15, 0.2) is 0 Å². The first-order valence-corrected chi connectivity index (χ1v) is 5.37. The molecular formula is C8H16BrNO2. The van der Waals surface area contributed by atoms with E-state index in [1.807, 2.05) is 0 Å². The van der Waals surface area contributed by atoms with Gasteiger partial charge in [0.25, 0.3) is 0 Å². The number of methoxy groups -OCH3 is 1. The van der Waals surface area contributed by atoms with Crippen molar-refractivity contribution < 1.29 is 9.84 Å². The molecule has 0 bridgehead atoms. The number of aliphatic hydroxyl groups is 1. The number of halogens is 1. The zero-order chi connectivity index (χ0) is 8.97. The lowest BCUT2D eigenvalue weighted by atomic mass is 10.3. The maximum atomic E-state index is 9.35. The lowest BCUT2D eigenvalue weighted by Gasteiger charge is -2.18. The minimum absolute atomic E-state index is 0.249. The molecule has 1 N–H and O–H groups in total. The van der Waals surface area contributed by atoms with Crippen molar-refractivity contribution in [3.05, 3.63) is 0 Å². The van der Waals surface area contributed by atoms with Crippen LogP contribution in [0.2, 0.25) is 0 Å². The van der Waals surface area contributed by atoms with E-state index in [4.69, 9.17) is 4.74 Å². The average Bonchev–Trinajstić information content (AvgIpc) is 2.52. The second-order valence-electron chi connectivity index (χ2n) is 3.21. The molecule has 0 spiro atoms. The van der Waals surface area contributed by atoms with Gasteiger partial charge in [-0.15, -0.1) is 0 Å². The molecular weight excluding hydrogens is 222 g/mol. The molecule has 3 nitrogen and oxygen atoms in total. The van der Waals surface area contributed by atoms with Crippen LogP contribution in [0, 0.1) is 0 Å². The topological polar surface area (TPSA) is 32.7 Å². The molecule has 0 aromatic heterocycles. The van der Waals surface area contributed by atoms with Crippen molar-refractivity contribution in [1.82, 2.24) is 4.90 Å². The Bertz CT molecular complexity index is 134. The highest BCUT2D eigenvalue weighted by molar-refractivity contribution is 9.09. The number of alkyl halides is 1. The summed E-state index contributed by atoms with van der Waals surface area (Å²) in [6, 6.07) is 0. The van der Waals surface area contributed by atoms with Crippen LogP contribution in [-0.2, 0) is 4.74 Å². The molecule has 1 rings (SSSR count). The molecule has 72 valence electrons. The Hall–Kier alpha value is 0.360. The molecule has 4 heteroatoms. The number of rotatable bonds is 4. The smallest absolute Gasteiger partial charge is 0.0763 e. The van der Waals surface area contributed by atoms with Crippen molar-refractivity contribution >= 4 is 15.9 Å². The van der Waals surface area contributed by atoms with Crippen LogP contribution in [0.5, 0.6) is 0 Å². The molecule has 12 heavy (non-hydrogen) atoms. The SMILES string of the molecule is COC1CCN(CC(O)CBr)C1. The lowest BCUT2D eigenvalue weighted by Crippen LogP contribution is -2.32. The van der Waals surface area contributed by atoms with E-state index in [0.717, 1.165) is 26.1 Å². The number of β-amino-alcohol motifs (C(OH)–C–C–N with tert-alkyl or cyclic N) is 1. The average molecular weight is 238 g/mol. The molecule has 0 aromatic rings. The van der Waals surface area contributed by atoms with Gasteiger partial charge in [0, 0.05) is 32.1 Å². The van der Waals surface area contributed by atoms with E-state index in [2.05, 4.69) is 20.8 Å². The Balaban J connectivity index is 2.18. The molecule has 0 aromatic carbocycles. The highest BCUT2D eigenvalue weighted by Gasteiger charge is 2.23. The van der Waals surface area contributed by atoms with Gasteiger partial charge in [-0.1, -0.05) is 15.9 Å². The summed E-state index contributed by atoms with van der Waals surface area (Å²) in [6.45, 7) is 2.76. The summed E-state index contributed by atoms with van der Waals surface area (Å²) in [5.41, 5.74) is 0. The van der Waals surface area contributed by atoms with Gasteiger partial charge in [-0.2, -0.15) is 0 Å². The van der Waals surface area contributed by atoms with Crippen molar-refractivity contribution in [3.63, 3.8) is 0 Å². The predicted molar refractivity (Wildman–Crippen MR) is 51.7 cm³/mol. The van der Waals surface area contributed by atoms with E-state index in [1.165, 1.54) is 0 Å². The summed E-state index contributed by atoms with van der Waals surface area (Å²) in [7, 11) is 1.75. The molecule has 0 radical (unpaired) electrons. The molecule has 2 unspecified atom stereocenters. The van der Waals surface area contributed by atoms with Gasteiger partial charge in [-0.3, -0.25) is 4.90 Å². The Labute approximate surface area is 81.8 Å². The number of nitrogens with zero attached hydrogens (tertiary/aromatic N) is 1. The summed E-state index contributed by atoms with van der Waals surface area (Å²) in [5, 5.41) is 10.0. The van der Waals surface area contributed by atoms with Crippen LogP contribution in [-0.4, -0.2) is 54.3 Å². The van der Waals surface area contributed by atoms with Crippen molar-refractivity contribution in [1.29, 1.82) is 0 Å². The van der Waals surface area contributed by atoms with Crippen molar-refractivity contribution in [2.24, 2.45) is 0 Å². The monoisotopic (exact) mass is 237 g/mol. The molecule has 1 saturated heterocycles. The van der Waals surface area contributed by atoms with E-state index in [1.54, 1.807) is 7.11 Å². The van der Waals surface area contributed by atoms with Crippen LogP contribution >= 0.6 is 15.9 Å². The zero-order valence-corrected chi connectivity index (χ0v) is 8.96.